The summed E-state index contributed by atoms with van der Waals surface area (Å²) in [4.78, 5) is 2.39. The Labute approximate surface area is 115 Å². The fraction of sp³-hybridized carbons (Fsp3) is 0.600. The SMILES string of the molecule is CC(O)c1ccc(N2CCCC(C)C2C)c(Cl)c1. The third-order valence-corrected chi connectivity index (χ3v) is 4.44. The summed E-state index contributed by atoms with van der Waals surface area (Å²) in [6, 6.07) is 6.42. The normalized spacial score (nSPS) is 26.2. The Hall–Kier alpha value is -0.730. The Morgan fingerprint density at radius 3 is 2.72 bits per heavy atom. The van der Waals surface area contributed by atoms with Gasteiger partial charge in [-0.3, -0.25) is 0 Å². The number of hydrogen-bond donors (Lipinski definition) is 1. The first-order chi connectivity index (χ1) is 8.50. The van der Waals surface area contributed by atoms with Crippen molar-refractivity contribution in [1.82, 2.24) is 0 Å². The molecule has 1 aromatic carbocycles. The molecule has 1 aliphatic heterocycles. The average Bonchev–Trinajstić information content (AvgIpc) is 2.33. The number of nitrogens with zero attached hydrogens (tertiary/aromatic N) is 1. The Bertz CT molecular complexity index is 419. The molecule has 0 radical (unpaired) electrons. The standard InChI is InChI=1S/C15H22ClNO/c1-10-5-4-8-17(11(10)2)15-7-6-13(12(3)18)9-14(15)16/h6-7,9-12,18H,4-5,8H2,1-3H3. The molecule has 1 aliphatic rings. The van der Waals surface area contributed by atoms with Crippen LogP contribution in [-0.2, 0) is 0 Å². The zero-order valence-corrected chi connectivity index (χ0v) is 12.1. The zero-order chi connectivity index (χ0) is 13.3. The molecule has 18 heavy (non-hydrogen) atoms. The number of rotatable bonds is 2. The van der Waals surface area contributed by atoms with E-state index in [4.69, 9.17) is 11.6 Å². The van der Waals surface area contributed by atoms with Crippen LogP contribution in [0.15, 0.2) is 18.2 Å². The van der Waals surface area contributed by atoms with Gasteiger partial charge in [-0.2, -0.15) is 0 Å². The zero-order valence-electron chi connectivity index (χ0n) is 11.4. The molecule has 0 amide bonds. The molecule has 0 aliphatic carbocycles. The number of anilines is 1. The van der Waals surface area contributed by atoms with Gasteiger partial charge in [0, 0.05) is 12.6 Å². The van der Waals surface area contributed by atoms with Crippen molar-refractivity contribution < 1.29 is 5.11 Å². The molecular weight excluding hydrogens is 246 g/mol. The molecule has 3 heteroatoms. The molecule has 0 aromatic heterocycles. The van der Waals surface area contributed by atoms with Crippen molar-refractivity contribution in [3.63, 3.8) is 0 Å². The number of benzene rings is 1. The number of halogens is 1. The van der Waals surface area contributed by atoms with Crippen LogP contribution in [-0.4, -0.2) is 17.7 Å². The van der Waals surface area contributed by atoms with Crippen LogP contribution in [0.2, 0.25) is 5.02 Å². The summed E-state index contributed by atoms with van der Waals surface area (Å²) in [6.07, 6.45) is 2.05. The Morgan fingerprint density at radius 2 is 2.11 bits per heavy atom. The van der Waals surface area contributed by atoms with Crippen molar-refractivity contribution in [2.45, 2.75) is 45.8 Å². The van der Waals surface area contributed by atoms with Gasteiger partial charge in [0.05, 0.1) is 16.8 Å². The maximum atomic E-state index is 9.57. The van der Waals surface area contributed by atoms with Crippen molar-refractivity contribution in [2.75, 3.05) is 11.4 Å². The lowest BCUT2D eigenvalue weighted by Crippen LogP contribution is -2.42. The summed E-state index contributed by atoms with van der Waals surface area (Å²) in [6.45, 7) is 7.40. The number of aliphatic hydroxyl groups excluding tert-OH is 1. The van der Waals surface area contributed by atoms with Gasteiger partial charge in [0.1, 0.15) is 0 Å². The predicted octanol–water partition coefficient (Wildman–Crippen LogP) is 4.02. The molecule has 1 saturated heterocycles. The van der Waals surface area contributed by atoms with E-state index in [0.29, 0.717) is 12.0 Å². The van der Waals surface area contributed by atoms with E-state index in [1.165, 1.54) is 12.8 Å². The van der Waals surface area contributed by atoms with Crippen LogP contribution in [0.25, 0.3) is 0 Å². The smallest absolute Gasteiger partial charge is 0.0762 e. The highest BCUT2D eigenvalue weighted by Gasteiger charge is 2.26. The van der Waals surface area contributed by atoms with Gasteiger partial charge in [0.25, 0.3) is 0 Å². The summed E-state index contributed by atoms with van der Waals surface area (Å²) in [5, 5.41) is 10.3. The van der Waals surface area contributed by atoms with Crippen molar-refractivity contribution in [1.29, 1.82) is 0 Å². The van der Waals surface area contributed by atoms with E-state index in [9.17, 15) is 5.11 Å². The molecule has 3 atom stereocenters. The summed E-state index contributed by atoms with van der Waals surface area (Å²) in [7, 11) is 0. The van der Waals surface area contributed by atoms with E-state index < -0.39 is 6.10 Å². The first-order valence-corrected chi connectivity index (χ1v) is 7.12. The average molecular weight is 268 g/mol. The summed E-state index contributed by atoms with van der Waals surface area (Å²) in [5.41, 5.74) is 1.97. The van der Waals surface area contributed by atoms with Gasteiger partial charge in [0.15, 0.2) is 0 Å². The van der Waals surface area contributed by atoms with Gasteiger partial charge in [0.2, 0.25) is 0 Å². The first-order valence-electron chi connectivity index (χ1n) is 6.75. The second-order valence-corrected chi connectivity index (χ2v) is 5.85. The van der Waals surface area contributed by atoms with Crippen molar-refractivity contribution in [3.05, 3.63) is 28.8 Å². The quantitative estimate of drug-likeness (QED) is 0.875. The number of piperidine rings is 1. The molecule has 2 nitrogen and oxygen atoms in total. The molecular formula is C15H22ClNO. The molecule has 1 aromatic rings. The number of hydrogen-bond acceptors (Lipinski definition) is 2. The lowest BCUT2D eigenvalue weighted by atomic mass is 9.91. The summed E-state index contributed by atoms with van der Waals surface area (Å²) < 4.78 is 0. The minimum Gasteiger partial charge on any atom is -0.389 e. The van der Waals surface area contributed by atoms with Crippen molar-refractivity contribution >= 4 is 17.3 Å². The van der Waals surface area contributed by atoms with Crippen LogP contribution in [0, 0.1) is 5.92 Å². The molecule has 0 bridgehead atoms. The van der Waals surface area contributed by atoms with Gasteiger partial charge in [-0.05, 0) is 50.3 Å². The molecule has 0 saturated carbocycles. The Kier molecular flexibility index (Phi) is 4.18. The van der Waals surface area contributed by atoms with E-state index in [0.717, 1.165) is 22.8 Å². The van der Waals surface area contributed by atoms with E-state index in [1.54, 1.807) is 6.92 Å². The van der Waals surface area contributed by atoms with Crippen molar-refractivity contribution in [2.24, 2.45) is 5.92 Å². The van der Waals surface area contributed by atoms with Crippen LogP contribution < -0.4 is 4.90 Å². The van der Waals surface area contributed by atoms with Gasteiger partial charge < -0.3 is 10.0 Å². The molecule has 3 unspecified atom stereocenters. The lowest BCUT2D eigenvalue weighted by molar-refractivity contribution is 0.199. The molecule has 0 spiro atoms. The fourth-order valence-electron chi connectivity index (χ4n) is 2.69. The maximum Gasteiger partial charge on any atom is 0.0762 e. The molecule has 2 rings (SSSR count). The van der Waals surface area contributed by atoms with E-state index in [2.05, 4.69) is 18.7 Å². The first kappa shape index (κ1) is 13.7. The van der Waals surface area contributed by atoms with Gasteiger partial charge >= 0.3 is 0 Å². The van der Waals surface area contributed by atoms with Gasteiger partial charge in [-0.15, -0.1) is 0 Å². The van der Waals surface area contributed by atoms with Crippen molar-refractivity contribution in [3.8, 4) is 0 Å². The van der Waals surface area contributed by atoms with Gasteiger partial charge in [-0.1, -0.05) is 24.6 Å². The largest absolute Gasteiger partial charge is 0.389 e. The second kappa shape index (κ2) is 5.50. The maximum absolute atomic E-state index is 9.57. The van der Waals surface area contributed by atoms with E-state index >= 15 is 0 Å². The highest BCUT2D eigenvalue weighted by molar-refractivity contribution is 6.33. The molecule has 1 heterocycles. The molecule has 1 N–H and O–H groups in total. The van der Waals surface area contributed by atoms with Gasteiger partial charge in [-0.25, -0.2) is 0 Å². The highest BCUT2D eigenvalue weighted by atomic mass is 35.5. The summed E-state index contributed by atoms with van der Waals surface area (Å²) >= 11 is 6.37. The third-order valence-electron chi connectivity index (χ3n) is 4.14. The van der Waals surface area contributed by atoms with Crippen LogP contribution in [0.5, 0.6) is 0 Å². The van der Waals surface area contributed by atoms with Crippen LogP contribution >= 0.6 is 11.6 Å². The highest BCUT2D eigenvalue weighted by Crippen LogP contribution is 2.34. The molecule has 1 fully saturated rings. The van der Waals surface area contributed by atoms with E-state index in [-0.39, 0.29) is 0 Å². The Morgan fingerprint density at radius 1 is 1.39 bits per heavy atom. The monoisotopic (exact) mass is 267 g/mol. The van der Waals surface area contributed by atoms with Crippen LogP contribution in [0.4, 0.5) is 5.69 Å². The Balaban J connectivity index is 2.27. The lowest BCUT2D eigenvalue weighted by Gasteiger charge is -2.40. The van der Waals surface area contributed by atoms with Crippen LogP contribution in [0.3, 0.4) is 0 Å². The van der Waals surface area contributed by atoms with E-state index in [1.807, 2.05) is 18.2 Å². The van der Waals surface area contributed by atoms with Crippen LogP contribution in [0.1, 0.15) is 45.3 Å². The number of aliphatic hydroxyl groups is 1. The second-order valence-electron chi connectivity index (χ2n) is 5.44. The third kappa shape index (κ3) is 2.65. The fourth-order valence-corrected chi connectivity index (χ4v) is 2.99. The minimum absolute atomic E-state index is 0.464. The summed E-state index contributed by atoms with van der Waals surface area (Å²) in [5.74, 6) is 0.700. The topological polar surface area (TPSA) is 23.5 Å². The minimum atomic E-state index is -0.464. The molecule has 100 valence electrons. The predicted molar refractivity (Wildman–Crippen MR) is 77.3 cm³/mol.